The molecule has 0 radical (unpaired) electrons. The molecule has 2 aliphatic heterocycles. The number of imide groups is 1. The number of rotatable bonds is 4. The molecule has 2 saturated heterocycles. The molecule has 9 nitrogen and oxygen atoms in total. The fraction of sp³-hybridized carbons (Fsp3) is 0.409. The number of amides is 4. The number of sulfonamides is 1. The maximum atomic E-state index is 13.3. The Bertz CT molecular complexity index is 1200. The molecule has 1 aromatic carbocycles. The molecule has 0 unspecified atom stereocenters. The quantitative estimate of drug-likeness (QED) is 0.654. The number of hydrogen-bond acceptors (Lipinski definition) is 6. The minimum atomic E-state index is -3.62. The molecular weight excluding hydrogens is 464 g/mol. The van der Waals surface area contributed by atoms with E-state index in [0.29, 0.717) is 6.42 Å². The van der Waals surface area contributed by atoms with E-state index in [4.69, 9.17) is 0 Å². The van der Waals surface area contributed by atoms with Crippen molar-refractivity contribution in [3.8, 4) is 0 Å². The topological polar surface area (TPSA) is 107 Å². The molecule has 1 aliphatic carbocycles. The zero-order valence-electron chi connectivity index (χ0n) is 17.9. The fourth-order valence-corrected chi connectivity index (χ4v) is 7.28. The van der Waals surface area contributed by atoms with Crippen molar-refractivity contribution in [2.45, 2.75) is 29.7 Å². The molecule has 2 fully saturated rings. The maximum Gasteiger partial charge on any atom is 0.325 e. The molecule has 3 heterocycles. The number of urea groups is 1. The van der Waals surface area contributed by atoms with Crippen LogP contribution < -0.4 is 5.32 Å². The zero-order valence-corrected chi connectivity index (χ0v) is 19.5. The molecule has 1 aromatic heterocycles. The summed E-state index contributed by atoms with van der Waals surface area (Å²) < 4.78 is 26.9. The summed E-state index contributed by atoms with van der Waals surface area (Å²) in [5.41, 5.74) is -0.236. The van der Waals surface area contributed by atoms with E-state index >= 15 is 0 Å². The van der Waals surface area contributed by atoms with Gasteiger partial charge in [0.25, 0.3) is 5.91 Å². The lowest BCUT2D eigenvalue weighted by Gasteiger charge is -2.34. The van der Waals surface area contributed by atoms with Gasteiger partial charge in [-0.25, -0.2) is 13.2 Å². The Labute approximate surface area is 196 Å². The van der Waals surface area contributed by atoms with Gasteiger partial charge >= 0.3 is 6.03 Å². The predicted molar refractivity (Wildman–Crippen MR) is 121 cm³/mol. The average molecular weight is 489 g/mol. The van der Waals surface area contributed by atoms with Gasteiger partial charge in [0, 0.05) is 36.6 Å². The van der Waals surface area contributed by atoms with Gasteiger partial charge in [0.15, 0.2) is 0 Å². The first kappa shape index (κ1) is 22.1. The number of aryl methyl sites for hydroxylation is 1. The Hall–Kier alpha value is -2.76. The second-order valence-electron chi connectivity index (χ2n) is 8.44. The molecule has 0 saturated carbocycles. The lowest BCUT2D eigenvalue weighted by molar-refractivity contribution is -0.140. The summed E-state index contributed by atoms with van der Waals surface area (Å²) in [6, 6.07) is 9.51. The third-order valence-corrected chi connectivity index (χ3v) is 9.50. The van der Waals surface area contributed by atoms with Crippen molar-refractivity contribution in [3.63, 3.8) is 0 Å². The lowest BCUT2D eigenvalue weighted by atomic mass is 9.80. The van der Waals surface area contributed by atoms with Crippen LogP contribution in [0.2, 0.25) is 0 Å². The number of hydrogen-bond donors (Lipinski definition) is 1. The standard InChI is InChI=1S/C22H24N4O5S2/c27-19(24-10-12-25(13-11-24)33(30,31)16-5-2-1-3-6-16)15-26-20(28)22(23-21(26)29)9-4-7-18-17(22)8-14-32-18/h1-3,5-6,8,14H,4,7,9-13,15H2,(H,23,29)/t22-/m0/s1. The number of thiophene rings is 1. The monoisotopic (exact) mass is 488 g/mol. The molecule has 4 amide bonds. The number of carbonyl (C=O) groups excluding carboxylic acids is 3. The number of benzene rings is 1. The van der Waals surface area contributed by atoms with Crippen LogP contribution in [0.15, 0.2) is 46.7 Å². The number of carbonyl (C=O) groups is 3. The molecular formula is C22H24N4O5S2. The van der Waals surface area contributed by atoms with Crippen molar-refractivity contribution < 1.29 is 22.8 Å². The highest BCUT2D eigenvalue weighted by atomic mass is 32.2. The third kappa shape index (κ3) is 3.64. The molecule has 3 aliphatic rings. The molecule has 2 aromatic rings. The summed E-state index contributed by atoms with van der Waals surface area (Å²) in [4.78, 5) is 42.7. The molecule has 174 valence electrons. The summed E-state index contributed by atoms with van der Waals surface area (Å²) >= 11 is 1.58. The second kappa shape index (κ2) is 8.23. The Morgan fingerprint density at radius 1 is 1.06 bits per heavy atom. The fourth-order valence-electron chi connectivity index (χ4n) is 4.84. The van der Waals surface area contributed by atoms with Crippen molar-refractivity contribution in [1.82, 2.24) is 19.4 Å². The van der Waals surface area contributed by atoms with Gasteiger partial charge in [-0.15, -0.1) is 11.3 Å². The van der Waals surface area contributed by atoms with Gasteiger partial charge in [-0.2, -0.15) is 4.31 Å². The summed E-state index contributed by atoms with van der Waals surface area (Å²) in [6.07, 6.45) is 2.19. The minimum Gasteiger partial charge on any atom is -0.338 e. The molecule has 11 heteroatoms. The molecule has 1 spiro atoms. The van der Waals surface area contributed by atoms with E-state index in [1.54, 1.807) is 41.7 Å². The van der Waals surface area contributed by atoms with Crippen molar-refractivity contribution in [2.75, 3.05) is 32.7 Å². The minimum absolute atomic E-state index is 0.158. The number of piperazine rings is 1. The van der Waals surface area contributed by atoms with Gasteiger partial charge < -0.3 is 10.2 Å². The summed E-state index contributed by atoms with van der Waals surface area (Å²) in [5.74, 6) is -0.751. The zero-order chi connectivity index (χ0) is 23.2. The molecule has 5 rings (SSSR count). The highest BCUT2D eigenvalue weighted by Gasteiger charge is 2.54. The number of nitrogens with zero attached hydrogens (tertiary/aromatic N) is 3. The highest BCUT2D eigenvalue weighted by Crippen LogP contribution is 2.42. The average Bonchev–Trinajstić information content (AvgIpc) is 3.40. The van der Waals surface area contributed by atoms with Crippen molar-refractivity contribution in [3.05, 3.63) is 52.2 Å². The lowest BCUT2D eigenvalue weighted by Crippen LogP contribution is -2.53. The van der Waals surface area contributed by atoms with Crippen LogP contribution in [0.3, 0.4) is 0 Å². The summed E-state index contributed by atoms with van der Waals surface area (Å²) in [6.45, 7) is 0.372. The van der Waals surface area contributed by atoms with E-state index in [0.717, 1.165) is 28.2 Å². The maximum absolute atomic E-state index is 13.3. The first-order chi connectivity index (χ1) is 15.8. The molecule has 0 bridgehead atoms. The Balaban J connectivity index is 1.24. The molecule has 1 N–H and O–H groups in total. The predicted octanol–water partition coefficient (Wildman–Crippen LogP) is 1.36. The number of fused-ring (bicyclic) bond motifs is 2. The van der Waals surface area contributed by atoms with E-state index in [9.17, 15) is 22.8 Å². The van der Waals surface area contributed by atoms with E-state index in [1.807, 2.05) is 11.4 Å². The van der Waals surface area contributed by atoms with Gasteiger partial charge in [0.1, 0.15) is 12.1 Å². The van der Waals surface area contributed by atoms with Crippen LogP contribution in [0, 0.1) is 0 Å². The SMILES string of the molecule is O=C(CN1C(=O)N[C@]2(CCCc3sccc32)C1=O)N1CCN(S(=O)(=O)c2ccccc2)CC1. The van der Waals surface area contributed by atoms with Crippen LogP contribution in [0.5, 0.6) is 0 Å². The van der Waals surface area contributed by atoms with Crippen LogP contribution in [0.4, 0.5) is 4.79 Å². The summed E-state index contributed by atoms with van der Waals surface area (Å²) in [5, 5.41) is 4.78. The van der Waals surface area contributed by atoms with Gasteiger partial charge in [-0.3, -0.25) is 14.5 Å². The van der Waals surface area contributed by atoms with E-state index in [2.05, 4.69) is 5.32 Å². The van der Waals surface area contributed by atoms with E-state index < -0.39 is 21.6 Å². The van der Waals surface area contributed by atoms with Crippen LogP contribution in [0.25, 0.3) is 0 Å². The molecule has 1 atom stereocenters. The Kier molecular flexibility index (Phi) is 5.50. The van der Waals surface area contributed by atoms with Gasteiger partial charge in [-0.1, -0.05) is 18.2 Å². The largest absolute Gasteiger partial charge is 0.338 e. The van der Waals surface area contributed by atoms with Crippen LogP contribution in [-0.4, -0.2) is 73.1 Å². The van der Waals surface area contributed by atoms with Crippen LogP contribution in [-0.2, 0) is 31.6 Å². The van der Waals surface area contributed by atoms with Crippen molar-refractivity contribution >= 4 is 39.2 Å². The van der Waals surface area contributed by atoms with Crippen LogP contribution in [0.1, 0.15) is 23.3 Å². The van der Waals surface area contributed by atoms with Crippen LogP contribution >= 0.6 is 11.3 Å². The second-order valence-corrected chi connectivity index (χ2v) is 11.4. The van der Waals surface area contributed by atoms with E-state index in [-0.39, 0.29) is 49.4 Å². The normalized spacial score (nSPS) is 23.6. The smallest absolute Gasteiger partial charge is 0.325 e. The van der Waals surface area contributed by atoms with Gasteiger partial charge in [0.2, 0.25) is 15.9 Å². The Morgan fingerprint density at radius 2 is 1.79 bits per heavy atom. The first-order valence-electron chi connectivity index (χ1n) is 10.9. The van der Waals surface area contributed by atoms with Gasteiger partial charge in [-0.05, 0) is 42.8 Å². The van der Waals surface area contributed by atoms with Gasteiger partial charge in [0.05, 0.1) is 4.90 Å². The van der Waals surface area contributed by atoms with Crippen molar-refractivity contribution in [1.29, 1.82) is 0 Å². The van der Waals surface area contributed by atoms with E-state index in [1.165, 1.54) is 9.21 Å². The Morgan fingerprint density at radius 3 is 2.52 bits per heavy atom. The van der Waals surface area contributed by atoms with Crippen molar-refractivity contribution in [2.24, 2.45) is 0 Å². The highest BCUT2D eigenvalue weighted by molar-refractivity contribution is 7.89. The first-order valence-corrected chi connectivity index (χ1v) is 13.2. The molecule has 33 heavy (non-hydrogen) atoms. The summed E-state index contributed by atoms with van der Waals surface area (Å²) in [7, 11) is -3.62. The third-order valence-electron chi connectivity index (χ3n) is 6.60. The number of nitrogens with one attached hydrogen (secondary N) is 1.